The molecule has 0 aliphatic rings. The van der Waals surface area contributed by atoms with E-state index in [4.69, 9.17) is 5.11 Å². The molecule has 0 radical (unpaired) electrons. The van der Waals surface area contributed by atoms with Crippen molar-refractivity contribution in [1.82, 2.24) is 9.55 Å². The first kappa shape index (κ1) is 8.11. The number of aryl methyl sites for hydroxylation is 1. The average molecular weight is 154 g/mol. The van der Waals surface area contributed by atoms with E-state index in [1.165, 1.54) is 0 Å². The predicted molar refractivity (Wildman–Crippen MR) is 43.6 cm³/mol. The lowest BCUT2D eigenvalue weighted by Crippen LogP contribution is -2.00. The molecule has 0 fully saturated rings. The van der Waals surface area contributed by atoms with Crippen LogP contribution in [0.1, 0.15) is 32.0 Å². The lowest BCUT2D eigenvalue weighted by atomic mass is 10.1. The minimum Gasteiger partial charge on any atom is -0.492 e. The van der Waals surface area contributed by atoms with Crippen LogP contribution in [0, 0.1) is 0 Å². The Morgan fingerprint density at radius 2 is 2.36 bits per heavy atom. The van der Waals surface area contributed by atoms with Crippen LogP contribution in [0.15, 0.2) is 6.20 Å². The lowest BCUT2D eigenvalue weighted by Gasteiger charge is -2.06. The van der Waals surface area contributed by atoms with Gasteiger partial charge in [-0.2, -0.15) is 4.98 Å². The molecule has 11 heavy (non-hydrogen) atoms. The minimum atomic E-state index is 0.114. The van der Waals surface area contributed by atoms with E-state index >= 15 is 0 Å². The van der Waals surface area contributed by atoms with Gasteiger partial charge in [0.15, 0.2) is 0 Å². The molecule has 0 saturated heterocycles. The molecule has 1 heterocycles. The van der Waals surface area contributed by atoms with Crippen LogP contribution in [0.25, 0.3) is 0 Å². The Balaban J connectivity index is 2.93. The van der Waals surface area contributed by atoms with Crippen LogP contribution >= 0.6 is 0 Å². The van der Waals surface area contributed by atoms with E-state index in [1.54, 1.807) is 6.20 Å². The molecule has 0 bridgehead atoms. The van der Waals surface area contributed by atoms with Gasteiger partial charge < -0.3 is 9.67 Å². The van der Waals surface area contributed by atoms with Gasteiger partial charge in [-0.25, -0.2) is 0 Å². The molecule has 1 unspecified atom stereocenters. The molecule has 0 aromatic carbocycles. The Morgan fingerprint density at radius 1 is 1.73 bits per heavy atom. The molecule has 0 aliphatic carbocycles. The highest BCUT2D eigenvalue weighted by atomic mass is 16.3. The second kappa shape index (κ2) is 2.95. The van der Waals surface area contributed by atoms with Gasteiger partial charge >= 0.3 is 0 Å². The fourth-order valence-corrected chi connectivity index (χ4v) is 1.10. The van der Waals surface area contributed by atoms with Gasteiger partial charge in [0.25, 0.3) is 0 Å². The monoisotopic (exact) mass is 154 g/mol. The average Bonchev–Trinajstić information content (AvgIpc) is 2.28. The van der Waals surface area contributed by atoms with Crippen molar-refractivity contribution in [2.24, 2.45) is 7.05 Å². The Hall–Kier alpha value is -0.990. The maximum atomic E-state index is 9.05. The molecule has 1 atom stereocenters. The predicted octanol–water partition coefficient (Wildman–Crippen LogP) is 1.64. The quantitative estimate of drug-likeness (QED) is 0.703. The second-order valence-corrected chi connectivity index (χ2v) is 2.88. The first-order valence-corrected chi connectivity index (χ1v) is 3.87. The van der Waals surface area contributed by atoms with Crippen LogP contribution in [0.2, 0.25) is 0 Å². The number of aromatic nitrogens is 2. The van der Waals surface area contributed by atoms with Crippen molar-refractivity contribution in [3.63, 3.8) is 0 Å². The van der Waals surface area contributed by atoms with Crippen molar-refractivity contribution < 1.29 is 5.11 Å². The summed E-state index contributed by atoms with van der Waals surface area (Å²) in [5.41, 5.74) is 0. The summed E-state index contributed by atoms with van der Waals surface area (Å²) < 4.78 is 1.86. The van der Waals surface area contributed by atoms with Gasteiger partial charge in [0.05, 0.1) is 6.20 Å². The van der Waals surface area contributed by atoms with Gasteiger partial charge in [0.2, 0.25) is 5.88 Å². The number of imidazole rings is 1. The number of hydrogen-bond donors (Lipinski definition) is 1. The molecule has 1 aromatic heterocycles. The summed E-state index contributed by atoms with van der Waals surface area (Å²) in [6.45, 7) is 4.21. The Bertz CT molecular complexity index is 242. The lowest BCUT2D eigenvalue weighted by molar-refractivity contribution is 0.454. The summed E-state index contributed by atoms with van der Waals surface area (Å²) in [4.78, 5) is 4.00. The molecule has 3 heteroatoms. The highest BCUT2D eigenvalue weighted by Crippen LogP contribution is 2.19. The highest BCUT2D eigenvalue weighted by molar-refractivity contribution is 5.10. The number of nitrogens with zero attached hydrogens (tertiary/aromatic N) is 2. The highest BCUT2D eigenvalue weighted by Gasteiger charge is 2.09. The van der Waals surface area contributed by atoms with Crippen molar-refractivity contribution in [3.8, 4) is 5.88 Å². The molecule has 0 aliphatic heterocycles. The van der Waals surface area contributed by atoms with Crippen LogP contribution in [0.3, 0.4) is 0 Å². The SMILES string of the molecule is CCC(C)c1nc(O)cn1C. The van der Waals surface area contributed by atoms with E-state index < -0.39 is 0 Å². The number of aromatic hydroxyl groups is 1. The van der Waals surface area contributed by atoms with Crippen molar-refractivity contribution in [3.05, 3.63) is 12.0 Å². The molecule has 62 valence electrons. The van der Waals surface area contributed by atoms with Gasteiger partial charge in [0, 0.05) is 13.0 Å². The first-order valence-electron chi connectivity index (χ1n) is 3.87. The summed E-state index contributed by atoms with van der Waals surface area (Å²) in [6, 6.07) is 0. The maximum absolute atomic E-state index is 9.05. The van der Waals surface area contributed by atoms with E-state index in [1.807, 2.05) is 11.6 Å². The summed E-state index contributed by atoms with van der Waals surface area (Å²) >= 11 is 0. The van der Waals surface area contributed by atoms with Gasteiger partial charge in [-0.05, 0) is 6.42 Å². The molecule has 3 nitrogen and oxygen atoms in total. The fraction of sp³-hybridized carbons (Fsp3) is 0.625. The van der Waals surface area contributed by atoms with Crippen LogP contribution in [-0.2, 0) is 7.05 Å². The van der Waals surface area contributed by atoms with Crippen LogP contribution in [0.5, 0.6) is 5.88 Å². The van der Waals surface area contributed by atoms with Gasteiger partial charge in [-0.3, -0.25) is 0 Å². The topological polar surface area (TPSA) is 38.1 Å². The minimum absolute atomic E-state index is 0.114. The number of hydrogen-bond acceptors (Lipinski definition) is 2. The van der Waals surface area contributed by atoms with Gasteiger partial charge in [-0.1, -0.05) is 13.8 Å². The summed E-state index contributed by atoms with van der Waals surface area (Å²) in [7, 11) is 1.90. The van der Waals surface area contributed by atoms with Crippen molar-refractivity contribution in [2.45, 2.75) is 26.2 Å². The van der Waals surface area contributed by atoms with Crippen molar-refractivity contribution >= 4 is 0 Å². The first-order chi connectivity index (χ1) is 5.15. The normalized spacial score (nSPS) is 13.4. The van der Waals surface area contributed by atoms with E-state index in [-0.39, 0.29) is 5.88 Å². The fourth-order valence-electron chi connectivity index (χ4n) is 1.10. The van der Waals surface area contributed by atoms with E-state index in [9.17, 15) is 0 Å². The maximum Gasteiger partial charge on any atom is 0.229 e. The Labute approximate surface area is 66.7 Å². The smallest absolute Gasteiger partial charge is 0.229 e. The molecule has 0 saturated carbocycles. The van der Waals surface area contributed by atoms with Gasteiger partial charge in [0.1, 0.15) is 5.82 Å². The van der Waals surface area contributed by atoms with E-state index in [2.05, 4.69) is 18.8 Å². The third-order valence-electron chi connectivity index (χ3n) is 1.95. The van der Waals surface area contributed by atoms with Crippen LogP contribution in [0.4, 0.5) is 0 Å². The largest absolute Gasteiger partial charge is 0.492 e. The summed E-state index contributed by atoms with van der Waals surface area (Å²) in [5, 5.41) is 9.05. The van der Waals surface area contributed by atoms with E-state index in [0.717, 1.165) is 12.2 Å². The summed E-state index contributed by atoms with van der Waals surface area (Å²) in [5.74, 6) is 1.48. The van der Waals surface area contributed by atoms with Crippen LogP contribution < -0.4 is 0 Å². The molecule has 1 aromatic rings. The third-order valence-corrected chi connectivity index (χ3v) is 1.95. The van der Waals surface area contributed by atoms with E-state index in [0.29, 0.717) is 5.92 Å². The molecular weight excluding hydrogens is 140 g/mol. The van der Waals surface area contributed by atoms with Crippen molar-refractivity contribution in [2.75, 3.05) is 0 Å². The zero-order valence-corrected chi connectivity index (χ0v) is 7.20. The van der Waals surface area contributed by atoms with Crippen LogP contribution in [-0.4, -0.2) is 14.7 Å². The second-order valence-electron chi connectivity index (χ2n) is 2.88. The third kappa shape index (κ3) is 1.53. The number of rotatable bonds is 2. The molecular formula is C8H14N2O. The molecule has 1 N–H and O–H groups in total. The zero-order valence-electron chi connectivity index (χ0n) is 7.20. The standard InChI is InChI=1S/C8H14N2O/c1-4-6(2)8-9-7(11)5-10(8)3/h5-6,11H,4H2,1-3H3. The molecule has 0 spiro atoms. The Kier molecular flexibility index (Phi) is 2.17. The molecule has 1 rings (SSSR count). The van der Waals surface area contributed by atoms with Gasteiger partial charge in [-0.15, -0.1) is 0 Å². The molecule has 0 amide bonds. The van der Waals surface area contributed by atoms with Crippen molar-refractivity contribution in [1.29, 1.82) is 0 Å². The summed E-state index contributed by atoms with van der Waals surface area (Å²) in [6.07, 6.45) is 2.67. The zero-order chi connectivity index (χ0) is 8.43. The Morgan fingerprint density at radius 3 is 2.73 bits per heavy atom.